The van der Waals surface area contributed by atoms with Crippen LogP contribution in [0.4, 0.5) is 32.8 Å². The van der Waals surface area contributed by atoms with Gasteiger partial charge in [-0.3, -0.25) is 0 Å². The summed E-state index contributed by atoms with van der Waals surface area (Å²) in [6, 6.07) is 62.2. The molecule has 4 heteroatoms. The molecule has 0 amide bonds. The van der Waals surface area contributed by atoms with E-state index in [4.69, 9.17) is 0 Å². The largest absolute Gasteiger partial charge is 0.302 e. The lowest BCUT2D eigenvalue weighted by atomic mass is 10.1. The van der Waals surface area contributed by atoms with Gasteiger partial charge in [-0.25, -0.2) is 0 Å². The molecule has 0 N–H and O–H groups in total. The lowest BCUT2D eigenvalue weighted by Crippen LogP contribution is -2.08. The molecule has 2 nitrogen and oxygen atoms in total. The molecule has 2 aromatic heterocycles. The summed E-state index contributed by atoms with van der Waals surface area (Å²) in [4.78, 5) is 7.35. The lowest BCUT2D eigenvalue weighted by molar-refractivity contribution is 1.24. The third kappa shape index (κ3) is 4.99. The highest BCUT2D eigenvalue weighted by molar-refractivity contribution is 7.26. The minimum atomic E-state index is 0.977. The molecule has 0 unspecified atom stereocenters. The van der Waals surface area contributed by atoms with Crippen LogP contribution < -0.4 is 9.80 Å². The number of nitrogens with zero attached hydrogens (tertiary/aromatic N) is 2. The summed E-state index contributed by atoms with van der Waals surface area (Å²) in [6.07, 6.45) is 1.95. The molecule has 2 aliphatic rings. The van der Waals surface area contributed by atoms with Crippen molar-refractivity contribution >= 4 is 55.4 Å². The van der Waals surface area contributed by atoms with Crippen molar-refractivity contribution in [2.45, 2.75) is 12.8 Å². The van der Waals surface area contributed by atoms with Crippen LogP contribution in [0.3, 0.4) is 0 Å². The predicted octanol–water partition coefficient (Wildman–Crippen LogP) is 13.6. The number of benzene rings is 6. The van der Waals surface area contributed by atoms with E-state index in [1.165, 1.54) is 75.6 Å². The number of anilines is 6. The monoisotopic (exact) mass is 676 g/mol. The van der Waals surface area contributed by atoms with Gasteiger partial charge in [-0.1, -0.05) is 97.1 Å². The molecular weight excluding hydrogens is 645 g/mol. The van der Waals surface area contributed by atoms with E-state index in [1.54, 1.807) is 0 Å². The Labute approximate surface area is 300 Å². The number of hydrogen-bond donors (Lipinski definition) is 0. The molecule has 0 bridgehead atoms. The van der Waals surface area contributed by atoms with Crippen LogP contribution in [-0.2, 0) is 12.8 Å². The summed E-state index contributed by atoms with van der Waals surface area (Å²) < 4.78 is 0. The number of rotatable bonds is 7. The molecule has 238 valence electrons. The second-order valence-electron chi connectivity index (χ2n) is 13.0. The van der Waals surface area contributed by atoms with E-state index in [-0.39, 0.29) is 0 Å². The van der Waals surface area contributed by atoms with E-state index in [0.29, 0.717) is 0 Å². The summed E-state index contributed by atoms with van der Waals surface area (Å²) in [6.45, 7) is 0. The first-order chi connectivity index (χ1) is 24.8. The molecular formula is C46H32N2S2. The minimum Gasteiger partial charge on any atom is -0.302 e. The Bertz CT molecular complexity index is 2330. The van der Waals surface area contributed by atoms with E-state index in [0.717, 1.165) is 24.2 Å². The van der Waals surface area contributed by atoms with Gasteiger partial charge < -0.3 is 9.80 Å². The number of hydrogen-bond acceptors (Lipinski definition) is 4. The minimum absolute atomic E-state index is 0.977. The standard InChI is InChI=1S/C46H32N2S2/c1-3-13-35(14-4-1)47(37-19-21-41-33(29-37)27-31-11-7-9-17-39(31)41)45-25-23-43(49-45)44-24-26-46(50-44)48(36-15-5-2-6-16-36)38-20-22-42-34(30-38)28-32-12-8-10-18-40(32)42/h1-26,29-30H,27-28H2. The summed E-state index contributed by atoms with van der Waals surface area (Å²) in [5, 5.41) is 2.41. The van der Waals surface area contributed by atoms with Crippen LogP contribution in [-0.4, -0.2) is 0 Å². The highest BCUT2D eigenvalue weighted by Crippen LogP contribution is 2.49. The van der Waals surface area contributed by atoms with Crippen molar-refractivity contribution in [1.29, 1.82) is 0 Å². The molecule has 0 saturated heterocycles. The zero-order valence-electron chi connectivity index (χ0n) is 27.3. The quantitative estimate of drug-likeness (QED) is 0.166. The summed E-state index contributed by atoms with van der Waals surface area (Å²) in [5.74, 6) is 0. The van der Waals surface area contributed by atoms with Crippen LogP contribution in [0.2, 0.25) is 0 Å². The fourth-order valence-electron chi connectivity index (χ4n) is 7.66. The van der Waals surface area contributed by atoms with Crippen LogP contribution in [0.1, 0.15) is 22.3 Å². The van der Waals surface area contributed by atoms with Gasteiger partial charge in [0.25, 0.3) is 0 Å². The fourth-order valence-corrected chi connectivity index (χ4v) is 9.85. The van der Waals surface area contributed by atoms with Crippen molar-refractivity contribution < 1.29 is 0 Å². The van der Waals surface area contributed by atoms with Crippen molar-refractivity contribution in [1.82, 2.24) is 0 Å². The van der Waals surface area contributed by atoms with Crippen molar-refractivity contribution in [2.75, 3.05) is 9.80 Å². The van der Waals surface area contributed by atoms with Gasteiger partial charge in [0.05, 0.1) is 0 Å². The molecule has 2 aliphatic carbocycles. The maximum absolute atomic E-state index is 2.41. The zero-order chi connectivity index (χ0) is 33.0. The molecule has 0 atom stereocenters. The van der Waals surface area contributed by atoms with Gasteiger partial charge in [0.1, 0.15) is 10.0 Å². The Morgan fingerprint density at radius 1 is 0.320 bits per heavy atom. The fraction of sp³-hybridized carbons (Fsp3) is 0.0435. The van der Waals surface area contributed by atoms with Crippen molar-refractivity contribution in [3.8, 4) is 32.0 Å². The molecule has 2 heterocycles. The smallest absolute Gasteiger partial charge is 0.101 e. The Balaban J connectivity index is 1.01. The SMILES string of the molecule is c1ccc(N(c2ccc3c(c2)Cc2ccccc2-3)c2ccc(-c3ccc(N(c4ccccc4)c4ccc5c(c4)Cc4ccccc4-5)s3)s2)cc1. The normalized spacial score (nSPS) is 12.2. The average molecular weight is 677 g/mol. The Morgan fingerprint density at radius 2 is 0.720 bits per heavy atom. The third-order valence-electron chi connectivity index (χ3n) is 9.97. The zero-order valence-corrected chi connectivity index (χ0v) is 28.9. The van der Waals surface area contributed by atoms with Gasteiger partial charge in [0.15, 0.2) is 0 Å². The van der Waals surface area contributed by atoms with Gasteiger partial charge in [0, 0.05) is 32.5 Å². The second kappa shape index (κ2) is 12.0. The number of para-hydroxylation sites is 2. The molecule has 0 aliphatic heterocycles. The highest BCUT2D eigenvalue weighted by Gasteiger charge is 2.24. The van der Waals surface area contributed by atoms with Gasteiger partial charge in [-0.05, 0) is 130 Å². The molecule has 8 aromatic rings. The van der Waals surface area contributed by atoms with Crippen molar-refractivity contribution in [2.24, 2.45) is 0 Å². The first-order valence-electron chi connectivity index (χ1n) is 17.1. The predicted molar refractivity (Wildman–Crippen MR) is 213 cm³/mol. The average Bonchev–Trinajstić information content (AvgIpc) is 3.98. The molecule has 0 radical (unpaired) electrons. The van der Waals surface area contributed by atoms with Gasteiger partial charge in [-0.2, -0.15) is 0 Å². The Morgan fingerprint density at radius 3 is 1.18 bits per heavy atom. The topological polar surface area (TPSA) is 6.48 Å². The first kappa shape index (κ1) is 29.3. The van der Waals surface area contributed by atoms with Crippen LogP contribution in [0.5, 0.6) is 0 Å². The van der Waals surface area contributed by atoms with Crippen LogP contribution >= 0.6 is 22.7 Å². The summed E-state index contributed by atoms with van der Waals surface area (Å²) in [5.41, 5.74) is 15.7. The maximum Gasteiger partial charge on any atom is 0.101 e. The van der Waals surface area contributed by atoms with E-state index >= 15 is 0 Å². The van der Waals surface area contributed by atoms with Crippen LogP contribution in [0.15, 0.2) is 170 Å². The van der Waals surface area contributed by atoms with Crippen LogP contribution in [0, 0.1) is 0 Å². The van der Waals surface area contributed by atoms with E-state index in [2.05, 4.69) is 180 Å². The first-order valence-corrected chi connectivity index (χ1v) is 18.7. The van der Waals surface area contributed by atoms with Gasteiger partial charge in [0.2, 0.25) is 0 Å². The molecule has 10 rings (SSSR count). The third-order valence-corrected chi connectivity index (χ3v) is 12.3. The Kier molecular flexibility index (Phi) is 7.04. The van der Waals surface area contributed by atoms with E-state index < -0.39 is 0 Å². The summed E-state index contributed by atoms with van der Waals surface area (Å²) >= 11 is 3.70. The lowest BCUT2D eigenvalue weighted by Gasteiger charge is -2.24. The van der Waals surface area contributed by atoms with E-state index in [1.807, 2.05) is 22.7 Å². The maximum atomic E-state index is 2.41. The molecule has 6 aromatic carbocycles. The second-order valence-corrected chi connectivity index (χ2v) is 15.1. The van der Waals surface area contributed by atoms with Crippen molar-refractivity contribution in [3.05, 3.63) is 192 Å². The summed E-state index contributed by atoms with van der Waals surface area (Å²) in [7, 11) is 0. The number of fused-ring (bicyclic) bond motifs is 6. The van der Waals surface area contributed by atoms with Crippen molar-refractivity contribution in [3.63, 3.8) is 0 Å². The number of thiophene rings is 2. The van der Waals surface area contributed by atoms with Gasteiger partial charge >= 0.3 is 0 Å². The van der Waals surface area contributed by atoms with Gasteiger partial charge in [-0.15, -0.1) is 22.7 Å². The van der Waals surface area contributed by atoms with E-state index in [9.17, 15) is 0 Å². The van der Waals surface area contributed by atoms with Crippen LogP contribution in [0.25, 0.3) is 32.0 Å². The molecule has 50 heavy (non-hydrogen) atoms. The molecule has 0 fully saturated rings. The molecule has 0 saturated carbocycles. The molecule has 0 spiro atoms. The highest BCUT2D eigenvalue weighted by atomic mass is 32.1. The Hall–Kier alpha value is -5.68.